The fraction of sp³-hybridized carbons (Fsp3) is 0.350. The van der Waals surface area contributed by atoms with Crippen molar-refractivity contribution in [3.05, 3.63) is 66.2 Å². The Kier molecular flexibility index (Phi) is 6.57. The van der Waals surface area contributed by atoms with E-state index in [2.05, 4.69) is 19.1 Å². The monoisotopic (exact) mass is 404 g/mol. The topological polar surface area (TPSA) is 57.7 Å². The Bertz CT molecular complexity index is 849. The number of hydrogen-bond donors (Lipinski definition) is 0. The smallest absolute Gasteiger partial charge is 0.243 e. The lowest BCUT2D eigenvalue weighted by atomic mass is 10.2. The van der Waals surface area contributed by atoms with Gasteiger partial charge in [0.15, 0.2) is 0 Å². The van der Waals surface area contributed by atoms with Crippen LogP contribution in [0.2, 0.25) is 0 Å². The molecular formula is C20H24N2O3S2. The Morgan fingerprint density at radius 1 is 0.963 bits per heavy atom. The molecule has 1 amide bonds. The maximum Gasteiger partial charge on any atom is 0.243 e. The lowest BCUT2D eigenvalue weighted by molar-refractivity contribution is -0.129. The SMILES string of the molecule is C[C@@H](SCC(=O)N1CCN(S(=O)(=O)c2ccccc2)CC1)c1ccccc1. The molecule has 2 aromatic carbocycles. The van der Waals surface area contributed by atoms with Gasteiger partial charge in [-0.3, -0.25) is 4.79 Å². The molecule has 0 saturated carbocycles. The number of nitrogens with zero attached hydrogens (tertiary/aromatic N) is 2. The maximum absolute atomic E-state index is 12.7. The van der Waals surface area contributed by atoms with Crippen LogP contribution in [-0.4, -0.2) is 55.5 Å². The molecule has 1 fully saturated rings. The summed E-state index contributed by atoms with van der Waals surface area (Å²) in [5.41, 5.74) is 1.20. The minimum Gasteiger partial charge on any atom is -0.339 e. The zero-order valence-electron chi connectivity index (χ0n) is 15.3. The van der Waals surface area contributed by atoms with E-state index in [1.807, 2.05) is 18.2 Å². The lowest BCUT2D eigenvalue weighted by Crippen LogP contribution is -2.51. The number of carbonyl (C=O) groups is 1. The van der Waals surface area contributed by atoms with Crippen LogP contribution >= 0.6 is 11.8 Å². The van der Waals surface area contributed by atoms with Crippen molar-refractivity contribution in [3.63, 3.8) is 0 Å². The van der Waals surface area contributed by atoms with Gasteiger partial charge in [-0.15, -0.1) is 11.8 Å². The highest BCUT2D eigenvalue weighted by Gasteiger charge is 2.30. The first-order valence-corrected chi connectivity index (χ1v) is 11.5. The zero-order valence-corrected chi connectivity index (χ0v) is 17.0. The van der Waals surface area contributed by atoms with Crippen LogP contribution < -0.4 is 0 Å². The second-order valence-electron chi connectivity index (χ2n) is 6.46. The van der Waals surface area contributed by atoms with Gasteiger partial charge in [-0.05, 0) is 24.6 Å². The first kappa shape index (κ1) is 19.9. The van der Waals surface area contributed by atoms with Gasteiger partial charge in [0.2, 0.25) is 15.9 Å². The van der Waals surface area contributed by atoms with E-state index in [1.54, 1.807) is 47.0 Å². The lowest BCUT2D eigenvalue weighted by Gasteiger charge is -2.34. The Morgan fingerprint density at radius 3 is 2.11 bits per heavy atom. The second kappa shape index (κ2) is 8.91. The van der Waals surface area contributed by atoms with Crippen LogP contribution in [0.5, 0.6) is 0 Å². The fourth-order valence-electron chi connectivity index (χ4n) is 3.03. The predicted octanol–water partition coefficient (Wildman–Crippen LogP) is 3.01. The summed E-state index contributed by atoms with van der Waals surface area (Å²) in [4.78, 5) is 14.6. The average molecular weight is 405 g/mol. The quantitative estimate of drug-likeness (QED) is 0.743. The Morgan fingerprint density at radius 2 is 1.52 bits per heavy atom. The van der Waals surface area contributed by atoms with Crippen LogP contribution in [0.25, 0.3) is 0 Å². The summed E-state index contributed by atoms with van der Waals surface area (Å²) in [6.45, 7) is 3.64. The third kappa shape index (κ3) is 4.91. The standard InChI is InChI=1S/C20H24N2O3S2/c1-17(18-8-4-2-5-9-18)26-16-20(23)21-12-14-22(15-13-21)27(24,25)19-10-6-3-7-11-19/h2-11,17H,12-16H2,1H3/t17-/m1/s1. The molecular weight excluding hydrogens is 380 g/mol. The normalized spacial score (nSPS) is 16.9. The van der Waals surface area contributed by atoms with Crippen LogP contribution in [0.3, 0.4) is 0 Å². The maximum atomic E-state index is 12.7. The van der Waals surface area contributed by atoms with Gasteiger partial charge in [-0.25, -0.2) is 8.42 Å². The van der Waals surface area contributed by atoms with Gasteiger partial charge < -0.3 is 4.90 Å². The van der Waals surface area contributed by atoms with Crippen molar-refractivity contribution in [3.8, 4) is 0 Å². The summed E-state index contributed by atoms with van der Waals surface area (Å²) in [5.74, 6) is 0.473. The zero-order chi connectivity index (χ0) is 19.3. The number of sulfonamides is 1. The third-order valence-corrected chi connectivity index (χ3v) is 7.80. The van der Waals surface area contributed by atoms with Gasteiger partial charge in [0, 0.05) is 31.4 Å². The van der Waals surface area contributed by atoms with Crippen molar-refractivity contribution in [1.29, 1.82) is 0 Å². The molecule has 1 aliphatic heterocycles. The molecule has 1 atom stereocenters. The highest BCUT2D eigenvalue weighted by atomic mass is 32.2. The first-order chi connectivity index (χ1) is 13.0. The van der Waals surface area contributed by atoms with Crippen molar-refractivity contribution in [2.75, 3.05) is 31.9 Å². The van der Waals surface area contributed by atoms with E-state index in [1.165, 1.54) is 9.87 Å². The van der Waals surface area contributed by atoms with E-state index in [-0.39, 0.29) is 11.2 Å². The molecule has 144 valence electrons. The van der Waals surface area contributed by atoms with E-state index in [4.69, 9.17) is 0 Å². The van der Waals surface area contributed by atoms with Crippen molar-refractivity contribution >= 4 is 27.7 Å². The van der Waals surface area contributed by atoms with Gasteiger partial charge in [-0.1, -0.05) is 48.5 Å². The molecule has 3 rings (SSSR count). The van der Waals surface area contributed by atoms with Crippen molar-refractivity contribution in [1.82, 2.24) is 9.21 Å². The van der Waals surface area contributed by atoms with Crippen LogP contribution in [0.15, 0.2) is 65.6 Å². The molecule has 0 unspecified atom stereocenters. The average Bonchev–Trinajstić information content (AvgIpc) is 2.73. The number of rotatable bonds is 6. The summed E-state index contributed by atoms with van der Waals surface area (Å²) >= 11 is 1.61. The first-order valence-electron chi connectivity index (χ1n) is 8.98. The van der Waals surface area contributed by atoms with Crippen molar-refractivity contribution in [2.45, 2.75) is 17.1 Å². The molecule has 0 aliphatic carbocycles. The molecule has 1 saturated heterocycles. The summed E-state index contributed by atoms with van der Waals surface area (Å²) in [7, 11) is -3.48. The van der Waals surface area contributed by atoms with Gasteiger partial charge in [0.1, 0.15) is 0 Å². The fourth-order valence-corrected chi connectivity index (χ4v) is 5.40. The molecule has 1 aliphatic rings. The number of carbonyl (C=O) groups excluding carboxylic acids is 1. The van der Waals surface area contributed by atoms with Gasteiger partial charge in [-0.2, -0.15) is 4.31 Å². The number of piperazine rings is 1. The van der Waals surface area contributed by atoms with Crippen molar-refractivity contribution < 1.29 is 13.2 Å². The Hall–Kier alpha value is -1.83. The summed E-state index contributed by atoms with van der Waals surface area (Å²) < 4.78 is 26.8. The van der Waals surface area contributed by atoms with Crippen LogP contribution in [0, 0.1) is 0 Å². The molecule has 5 nitrogen and oxygen atoms in total. The van der Waals surface area contributed by atoms with Gasteiger partial charge in [0.25, 0.3) is 0 Å². The van der Waals surface area contributed by atoms with Crippen LogP contribution in [0.1, 0.15) is 17.7 Å². The molecule has 0 aromatic heterocycles. The Balaban J connectivity index is 1.51. The second-order valence-corrected chi connectivity index (χ2v) is 9.73. The molecule has 0 N–H and O–H groups in total. The minimum atomic E-state index is -3.48. The molecule has 2 aromatic rings. The predicted molar refractivity (Wildman–Crippen MR) is 109 cm³/mol. The molecule has 1 heterocycles. The Labute approximate surface area is 165 Å². The third-order valence-electron chi connectivity index (χ3n) is 4.70. The van der Waals surface area contributed by atoms with E-state index in [9.17, 15) is 13.2 Å². The number of amides is 1. The molecule has 27 heavy (non-hydrogen) atoms. The van der Waals surface area contributed by atoms with E-state index >= 15 is 0 Å². The van der Waals surface area contributed by atoms with E-state index in [0.29, 0.717) is 36.8 Å². The molecule has 7 heteroatoms. The highest BCUT2D eigenvalue weighted by molar-refractivity contribution is 8.00. The number of hydrogen-bond acceptors (Lipinski definition) is 4. The largest absolute Gasteiger partial charge is 0.339 e. The summed E-state index contributed by atoms with van der Waals surface area (Å²) in [6.07, 6.45) is 0. The molecule has 0 radical (unpaired) electrons. The van der Waals surface area contributed by atoms with Gasteiger partial charge >= 0.3 is 0 Å². The highest BCUT2D eigenvalue weighted by Crippen LogP contribution is 2.28. The summed E-state index contributed by atoms with van der Waals surface area (Å²) in [5, 5.41) is 0.245. The molecule has 0 spiro atoms. The van der Waals surface area contributed by atoms with Crippen LogP contribution in [-0.2, 0) is 14.8 Å². The van der Waals surface area contributed by atoms with Crippen molar-refractivity contribution in [2.24, 2.45) is 0 Å². The van der Waals surface area contributed by atoms with Crippen LogP contribution in [0.4, 0.5) is 0 Å². The van der Waals surface area contributed by atoms with E-state index in [0.717, 1.165) is 0 Å². The minimum absolute atomic E-state index is 0.0690. The molecule has 0 bridgehead atoms. The number of thioether (sulfide) groups is 1. The number of benzene rings is 2. The summed E-state index contributed by atoms with van der Waals surface area (Å²) in [6, 6.07) is 18.6. The van der Waals surface area contributed by atoms with E-state index < -0.39 is 10.0 Å². The van der Waals surface area contributed by atoms with Gasteiger partial charge in [0.05, 0.1) is 10.6 Å².